The number of nitrogens with zero attached hydrogens (tertiary/aromatic N) is 3. The van der Waals surface area contributed by atoms with Crippen LogP contribution in [0.25, 0.3) is 0 Å². The Kier molecular flexibility index (Phi) is 5.85. The van der Waals surface area contributed by atoms with Crippen LogP contribution < -0.4 is 5.32 Å². The number of amidine groups is 1. The Morgan fingerprint density at radius 2 is 2.03 bits per heavy atom. The zero-order chi connectivity index (χ0) is 20.5. The lowest BCUT2D eigenvalue weighted by atomic mass is 10.1. The molecule has 0 spiro atoms. The van der Waals surface area contributed by atoms with Crippen LogP contribution in [0.2, 0.25) is 0 Å². The van der Waals surface area contributed by atoms with Gasteiger partial charge >= 0.3 is 0 Å². The van der Waals surface area contributed by atoms with Gasteiger partial charge < -0.3 is 15.0 Å². The van der Waals surface area contributed by atoms with Crippen LogP contribution in [0, 0.1) is 18.6 Å². The number of aliphatic imine (C=N–C) groups is 1. The number of aryl methyl sites for hydroxylation is 1. The topological polar surface area (TPSA) is 40.1 Å². The number of anilines is 2. The van der Waals surface area contributed by atoms with Crippen LogP contribution in [0.15, 0.2) is 23.2 Å². The molecule has 0 radical (unpaired) electrons. The van der Waals surface area contributed by atoms with Crippen molar-refractivity contribution in [1.29, 1.82) is 0 Å². The highest BCUT2D eigenvalue weighted by atomic mass is 32.1. The molecular weight excluding hydrogens is 394 g/mol. The molecule has 1 aromatic heterocycles. The van der Waals surface area contributed by atoms with E-state index in [1.54, 1.807) is 11.3 Å². The molecule has 1 aromatic carbocycles. The maximum absolute atomic E-state index is 13.9. The van der Waals surface area contributed by atoms with Crippen LogP contribution >= 0.6 is 11.3 Å². The maximum atomic E-state index is 13.9. The average molecular weight is 421 g/mol. The summed E-state index contributed by atoms with van der Waals surface area (Å²) in [5, 5.41) is 4.18. The molecule has 1 fully saturated rings. The zero-order valence-corrected chi connectivity index (χ0v) is 17.8. The average Bonchev–Trinajstić information content (AvgIpc) is 2.98. The Morgan fingerprint density at radius 1 is 1.24 bits per heavy atom. The third-order valence-electron chi connectivity index (χ3n) is 5.49. The van der Waals surface area contributed by atoms with E-state index in [0.29, 0.717) is 17.4 Å². The van der Waals surface area contributed by atoms with Crippen molar-refractivity contribution in [2.45, 2.75) is 26.3 Å². The number of likely N-dealkylation sites (N-methyl/N-ethyl adjacent to an activating group) is 1. The van der Waals surface area contributed by atoms with Gasteiger partial charge in [-0.25, -0.2) is 13.8 Å². The molecule has 0 amide bonds. The minimum atomic E-state index is -0.886. The molecule has 29 heavy (non-hydrogen) atoms. The normalized spacial score (nSPS) is 19.3. The minimum absolute atomic E-state index is 0.349. The molecule has 0 aliphatic carbocycles. The van der Waals surface area contributed by atoms with Crippen molar-refractivity contribution in [1.82, 2.24) is 9.80 Å². The first-order valence-corrected chi connectivity index (χ1v) is 10.8. The number of fused-ring (bicyclic) bond motifs is 2. The lowest BCUT2D eigenvalue weighted by Crippen LogP contribution is -2.53. The molecule has 2 aliphatic rings. The van der Waals surface area contributed by atoms with E-state index in [1.807, 2.05) is 13.8 Å². The Labute approximate surface area is 174 Å². The summed E-state index contributed by atoms with van der Waals surface area (Å²) in [5.74, 6) is -0.945. The molecule has 1 atom stereocenters. The number of rotatable bonds is 4. The molecule has 4 rings (SSSR count). The van der Waals surface area contributed by atoms with Gasteiger partial charge in [0.1, 0.15) is 10.8 Å². The molecule has 5 nitrogen and oxygen atoms in total. The first-order chi connectivity index (χ1) is 14.0. The van der Waals surface area contributed by atoms with Crippen molar-refractivity contribution in [3.8, 4) is 0 Å². The predicted molar refractivity (Wildman–Crippen MR) is 114 cm³/mol. The quantitative estimate of drug-likeness (QED) is 0.739. The predicted octanol–water partition coefficient (Wildman–Crippen LogP) is 4.51. The number of piperazine rings is 1. The van der Waals surface area contributed by atoms with Gasteiger partial charge in [0.15, 0.2) is 11.6 Å². The van der Waals surface area contributed by atoms with Gasteiger partial charge in [-0.3, -0.25) is 4.90 Å². The monoisotopic (exact) mass is 420 g/mol. The summed E-state index contributed by atoms with van der Waals surface area (Å²) in [5.41, 5.74) is 1.89. The summed E-state index contributed by atoms with van der Waals surface area (Å²) in [4.78, 5) is 10.6. The van der Waals surface area contributed by atoms with Crippen LogP contribution in [-0.2, 0) is 4.74 Å². The number of hydrogen-bond donors (Lipinski definition) is 1. The second kappa shape index (κ2) is 8.38. The molecule has 0 bridgehead atoms. The highest BCUT2D eigenvalue weighted by molar-refractivity contribution is 7.16. The number of ether oxygens (including phenoxy) is 1. The van der Waals surface area contributed by atoms with Crippen molar-refractivity contribution in [3.63, 3.8) is 0 Å². The summed E-state index contributed by atoms with van der Waals surface area (Å²) < 4.78 is 33.3. The van der Waals surface area contributed by atoms with Gasteiger partial charge in [-0.1, -0.05) is 0 Å². The molecule has 1 saturated heterocycles. The van der Waals surface area contributed by atoms with Crippen molar-refractivity contribution < 1.29 is 13.5 Å². The molecule has 2 aliphatic heterocycles. The SMILES string of the molecule is CCOCCC1CN(C2=Nc3cc(F)c(F)cc3Nc3sc(C)cc32)CCN1C. The minimum Gasteiger partial charge on any atom is -0.382 e. The fourth-order valence-corrected chi connectivity index (χ4v) is 4.77. The molecule has 0 saturated carbocycles. The summed E-state index contributed by atoms with van der Waals surface area (Å²) in [6.45, 7) is 8.04. The second-order valence-corrected chi connectivity index (χ2v) is 8.77. The number of nitrogens with one attached hydrogen (secondary N) is 1. The fourth-order valence-electron chi connectivity index (χ4n) is 3.85. The van der Waals surface area contributed by atoms with Gasteiger partial charge in [-0.2, -0.15) is 0 Å². The van der Waals surface area contributed by atoms with Crippen LogP contribution in [0.1, 0.15) is 23.8 Å². The van der Waals surface area contributed by atoms with Crippen molar-refractivity contribution >= 4 is 33.5 Å². The number of hydrogen-bond acceptors (Lipinski definition) is 6. The highest BCUT2D eigenvalue weighted by Crippen LogP contribution is 2.40. The van der Waals surface area contributed by atoms with Gasteiger partial charge in [0.25, 0.3) is 0 Å². The van der Waals surface area contributed by atoms with Crippen molar-refractivity contribution in [2.75, 3.05) is 45.2 Å². The molecule has 1 N–H and O–H groups in total. The van der Waals surface area contributed by atoms with E-state index in [2.05, 4.69) is 28.2 Å². The Hall–Kier alpha value is -2.03. The van der Waals surface area contributed by atoms with Gasteiger partial charge in [-0.05, 0) is 33.4 Å². The van der Waals surface area contributed by atoms with Crippen molar-refractivity contribution in [2.24, 2.45) is 4.99 Å². The van der Waals surface area contributed by atoms with Crippen LogP contribution in [0.5, 0.6) is 0 Å². The van der Waals surface area contributed by atoms with E-state index in [9.17, 15) is 8.78 Å². The zero-order valence-electron chi connectivity index (χ0n) is 17.0. The molecule has 3 heterocycles. The van der Waals surface area contributed by atoms with Crippen LogP contribution in [-0.4, -0.2) is 61.6 Å². The van der Waals surface area contributed by atoms with E-state index in [0.717, 1.165) is 60.5 Å². The summed E-state index contributed by atoms with van der Waals surface area (Å²) in [6.07, 6.45) is 0.943. The highest BCUT2D eigenvalue weighted by Gasteiger charge is 2.30. The number of thiophene rings is 1. The maximum Gasteiger partial charge on any atom is 0.161 e. The van der Waals surface area contributed by atoms with E-state index in [4.69, 9.17) is 9.73 Å². The molecule has 156 valence electrons. The smallest absolute Gasteiger partial charge is 0.161 e. The third-order valence-corrected chi connectivity index (χ3v) is 6.45. The van der Waals surface area contributed by atoms with E-state index >= 15 is 0 Å². The van der Waals surface area contributed by atoms with Gasteiger partial charge in [0, 0.05) is 55.9 Å². The van der Waals surface area contributed by atoms with E-state index in [1.165, 1.54) is 12.1 Å². The van der Waals surface area contributed by atoms with Gasteiger partial charge in [0.05, 0.1) is 16.9 Å². The van der Waals surface area contributed by atoms with Crippen LogP contribution in [0.4, 0.5) is 25.2 Å². The molecule has 8 heteroatoms. The second-order valence-electron chi connectivity index (χ2n) is 7.51. The Balaban J connectivity index is 1.70. The lowest BCUT2D eigenvalue weighted by molar-refractivity contribution is 0.0843. The van der Waals surface area contributed by atoms with E-state index in [-0.39, 0.29) is 0 Å². The van der Waals surface area contributed by atoms with E-state index < -0.39 is 11.6 Å². The number of halogens is 2. The van der Waals surface area contributed by atoms with Crippen LogP contribution in [0.3, 0.4) is 0 Å². The Bertz CT molecular complexity index is 930. The first-order valence-electron chi connectivity index (χ1n) is 9.94. The first kappa shape index (κ1) is 20.3. The standard InChI is InChI=1S/C21H26F2N4OS/c1-4-28-8-5-14-12-27(7-6-26(14)3)20-15-9-13(2)29-21(15)25-19-11-17(23)16(22)10-18(19)24-20/h9-11,14,25H,4-8,12H2,1-3H3. The Morgan fingerprint density at radius 3 is 2.83 bits per heavy atom. The number of benzene rings is 1. The third kappa shape index (κ3) is 4.15. The summed E-state index contributed by atoms with van der Waals surface area (Å²) in [6, 6.07) is 4.80. The molecule has 1 unspecified atom stereocenters. The van der Waals surface area contributed by atoms with Crippen molar-refractivity contribution in [3.05, 3.63) is 40.3 Å². The van der Waals surface area contributed by atoms with Gasteiger partial charge in [0.2, 0.25) is 0 Å². The summed E-state index contributed by atoms with van der Waals surface area (Å²) >= 11 is 1.60. The largest absolute Gasteiger partial charge is 0.382 e. The molecular formula is C21H26F2N4OS. The fraction of sp³-hybridized carbons (Fsp3) is 0.476. The molecule has 2 aromatic rings. The summed E-state index contributed by atoms with van der Waals surface area (Å²) in [7, 11) is 2.14. The van der Waals surface area contributed by atoms with Gasteiger partial charge in [-0.15, -0.1) is 11.3 Å². The lowest BCUT2D eigenvalue weighted by Gasteiger charge is -2.41.